The minimum absolute atomic E-state index is 0.0301. The largest absolute Gasteiger partial charge is 0.491 e. The van der Waals surface area contributed by atoms with Gasteiger partial charge in [-0.05, 0) is 39.8 Å². The number of nitrogens with one attached hydrogen (secondary N) is 1. The van der Waals surface area contributed by atoms with Crippen LogP contribution in [-0.2, 0) is 0 Å². The molecule has 2 aromatic heterocycles. The molecule has 0 amide bonds. The SMILES string of the molecule is CC(C)Nc1nc(-c2cc(OC(C)C)c3ccc(OCCO)cc3n2)cs1. The molecule has 0 bridgehead atoms. The highest BCUT2D eigenvalue weighted by Gasteiger charge is 2.14. The van der Waals surface area contributed by atoms with Crippen LogP contribution in [0.3, 0.4) is 0 Å². The van der Waals surface area contributed by atoms with Crippen molar-refractivity contribution in [2.24, 2.45) is 0 Å². The van der Waals surface area contributed by atoms with Gasteiger partial charge in [-0.2, -0.15) is 0 Å². The number of aromatic nitrogens is 2. The van der Waals surface area contributed by atoms with Crippen LogP contribution in [0, 0.1) is 0 Å². The van der Waals surface area contributed by atoms with Crippen LogP contribution in [0.4, 0.5) is 5.13 Å². The van der Waals surface area contributed by atoms with E-state index in [1.165, 1.54) is 0 Å². The number of pyridine rings is 1. The van der Waals surface area contributed by atoms with E-state index in [1.54, 1.807) is 11.3 Å². The molecule has 0 aliphatic heterocycles. The number of rotatable bonds is 8. The van der Waals surface area contributed by atoms with Gasteiger partial charge in [-0.25, -0.2) is 9.97 Å². The van der Waals surface area contributed by atoms with E-state index in [2.05, 4.69) is 24.1 Å². The predicted octanol–water partition coefficient (Wildman–Crippen LogP) is 4.34. The molecular weight excluding hydrogens is 362 g/mol. The second-order valence-electron chi connectivity index (χ2n) is 6.76. The Morgan fingerprint density at radius 3 is 2.63 bits per heavy atom. The fourth-order valence-electron chi connectivity index (χ4n) is 2.62. The van der Waals surface area contributed by atoms with Crippen LogP contribution in [0.2, 0.25) is 0 Å². The number of nitrogens with zero attached hydrogens (tertiary/aromatic N) is 2. The van der Waals surface area contributed by atoms with Gasteiger partial charge in [0.05, 0.1) is 23.9 Å². The number of aliphatic hydroxyl groups excluding tert-OH is 1. The lowest BCUT2D eigenvalue weighted by Crippen LogP contribution is -2.09. The van der Waals surface area contributed by atoms with Crippen molar-refractivity contribution in [2.45, 2.75) is 39.8 Å². The summed E-state index contributed by atoms with van der Waals surface area (Å²) >= 11 is 1.56. The molecule has 0 spiro atoms. The number of aliphatic hydroxyl groups is 1. The number of fused-ring (bicyclic) bond motifs is 1. The van der Waals surface area contributed by atoms with Gasteiger partial charge in [0.2, 0.25) is 0 Å². The first-order valence-electron chi connectivity index (χ1n) is 9.04. The molecule has 2 heterocycles. The van der Waals surface area contributed by atoms with Crippen LogP contribution >= 0.6 is 11.3 Å². The van der Waals surface area contributed by atoms with Gasteiger partial charge in [-0.3, -0.25) is 0 Å². The molecule has 27 heavy (non-hydrogen) atoms. The number of hydrogen-bond donors (Lipinski definition) is 2. The average Bonchev–Trinajstić information content (AvgIpc) is 3.06. The van der Waals surface area contributed by atoms with Crippen LogP contribution in [0.25, 0.3) is 22.3 Å². The highest BCUT2D eigenvalue weighted by molar-refractivity contribution is 7.14. The molecule has 0 unspecified atom stereocenters. The third-order valence-electron chi connectivity index (χ3n) is 3.64. The zero-order valence-corrected chi connectivity index (χ0v) is 16.8. The van der Waals surface area contributed by atoms with Crippen molar-refractivity contribution >= 4 is 27.4 Å². The summed E-state index contributed by atoms with van der Waals surface area (Å²) in [7, 11) is 0. The first kappa shape index (κ1) is 19.4. The summed E-state index contributed by atoms with van der Waals surface area (Å²) in [5.41, 5.74) is 2.33. The van der Waals surface area contributed by atoms with E-state index in [-0.39, 0.29) is 19.3 Å². The minimum Gasteiger partial charge on any atom is -0.491 e. The van der Waals surface area contributed by atoms with Crippen LogP contribution < -0.4 is 14.8 Å². The Labute approximate surface area is 163 Å². The summed E-state index contributed by atoms with van der Waals surface area (Å²) in [6.45, 7) is 8.38. The molecule has 0 radical (unpaired) electrons. The molecular formula is C20H25N3O3S. The first-order chi connectivity index (χ1) is 13.0. The van der Waals surface area contributed by atoms with Crippen LogP contribution in [0.15, 0.2) is 29.6 Å². The number of hydrogen-bond acceptors (Lipinski definition) is 7. The molecule has 0 fully saturated rings. The maximum absolute atomic E-state index is 8.97. The molecule has 0 atom stereocenters. The Balaban J connectivity index is 2.04. The van der Waals surface area contributed by atoms with Crippen molar-refractivity contribution in [2.75, 3.05) is 18.5 Å². The number of thiazole rings is 1. The Bertz CT molecular complexity index is 909. The standard InChI is InChI=1S/C20H25N3O3S/c1-12(2)21-20-23-18(11-27-20)17-10-19(26-13(3)4)15-6-5-14(25-8-7-24)9-16(15)22-17/h5-6,9-13,24H,7-8H2,1-4H3,(H,21,23). The van der Waals surface area contributed by atoms with E-state index < -0.39 is 0 Å². The van der Waals surface area contributed by atoms with Gasteiger partial charge in [-0.15, -0.1) is 11.3 Å². The fourth-order valence-corrected chi connectivity index (χ4v) is 3.47. The lowest BCUT2D eigenvalue weighted by molar-refractivity contribution is 0.201. The number of ether oxygens (including phenoxy) is 2. The summed E-state index contributed by atoms with van der Waals surface area (Å²) in [6.07, 6.45) is 0.0439. The van der Waals surface area contributed by atoms with Crippen LogP contribution in [0.5, 0.6) is 11.5 Å². The fraction of sp³-hybridized carbons (Fsp3) is 0.400. The number of anilines is 1. The Morgan fingerprint density at radius 1 is 1.11 bits per heavy atom. The van der Waals surface area contributed by atoms with Gasteiger partial charge in [0.15, 0.2) is 5.13 Å². The summed E-state index contributed by atoms with van der Waals surface area (Å²) in [5.74, 6) is 1.43. The first-order valence-corrected chi connectivity index (χ1v) is 9.91. The molecule has 0 saturated carbocycles. The predicted molar refractivity (Wildman–Crippen MR) is 110 cm³/mol. The van der Waals surface area contributed by atoms with E-state index >= 15 is 0 Å². The Morgan fingerprint density at radius 2 is 1.93 bits per heavy atom. The van der Waals surface area contributed by atoms with Crippen molar-refractivity contribution in [3.63, 3.8) is 0 Å². The van der Waals surface area contributed by atoms with Crippen molar-refractivity contribution in [3.05, 3.63) is 29.6 Å². The molecule has 0 saturated heterocycles. The van der Waals surface area contributed by atoms with Gasteiger partial charge >= 0.3 is 0 Å². The number of benzene rings is 1. The van der Waals surface area contributed by atoms with Crippen molar-refractivity contribution in [3.8, 4) is 22.9 Å². The van der Waals surface area contributed by atoms with Gasteiger partial charge in [-0.1, -0.05) is 0 Å². The maximum Gasteiger partial charge on any atom is 0.183 e. The van der Waals surface area contributed by atoms with Crippen molar-refractivity contribution < 1.29 is 14.6 Å². The summed E-state index contributed by atoms with van der Waals surface area (Å²) < 4.78 is 11.5. The summed E-state index contributed by atoms with van der Waals surface area (Å²) in [4.78, 5) is 9.41. The molecule has 0 aliphatic rings. The third-order valence-corrected chi connectivity index (χ3v) is 4.42. The van der Waals surface area contributed by atoms with Crippen LogP contribution in [-0.4, -0.2) is 40.4 Å². The average molecular weight is 388 g/mol. The van der Waals surface area contributed by atoms with E-state index in [9.17, 15) is 0 Å². The Hall–Kier alpha value is -2.38. The van der Waals surface area contributed by atoms with Gasteiger partial charge < -0.3 is 19.9 Å². The van der Waals surface area contributed by atoms with Gasteiger partial charge in [0.1, 0.15) is 23.8 Å². The lowest BCUT2D eigenvalue weighted by Gasteiger charge is -2.14. The van der Waals surface area contributed by atoms with Crippen molar-refractivity contribution in [1.82, 2.24) is 9.97 Å². The minimum atomic E-state index is -0.0301. The molecule has 1 aromatic carbocycles. The highest BCUT2D eigenvalue weighted by atomic mass is 32.1. The van der Waals surface area contributed by atoms with E-state index in [1.807, 2.05) is 43.5 Å². The zero-order valence-electron chi connectivity index (χ0n) is 16.0. The zero-order chi connectivity index (χ0) is 19.4. The quantitative estimate of drug-likeness (QED) is 0.599. The van der Waals surface area contributed by atoms with Crippen molar-refractivity contribution in [1.29, 1.82) is 0 Å². The van der Waals surface area contributed by atoms with Gasteiger partial charge in [0.25, 0.3) is 0 Å². The van der Waals surface area contributed by atoms with Crippen LogP contribution in [0.1, 0.15) is 27.7 Å². The summed E-state index contributed by atoms with van der Waals surface area (Å²) in [5, 5.41) is 16.1. The topological polar surface area (TPSA) is 76.5 Å². The smallest absolute Gasteiger partial charge is 0.183 e. The highest BCUT2D eigenvalue weighted by Crippen LogP contribution is 2.33. The van der Waals surface area contributed by atoms with E-state index in [0.29, 0.717) is 11.8 Å². The molecule has 7 heteroatoms. The molecule has 144 valence electrons. The molecule has 0 aliphatic carbocycles. The monoisotopic (exact) mass is 387 g/mol. The van der Waals surface area contributed by atoms with E-state index in [4.69, 9.17) is 19.6 Å². The Kier molecular flexibility index (Phi) is 6.13. The van der Waals surface area contributed by atoms with Gasteiger partial charge in [0, 0.05) is 28.9 Å². The normalized spacial score (nSPS) is 11.4. The molecule has 3 rings (SSSR count). The second-order valence-corrected chi connectivity index (χ2v) is 7.62. The lowest BCUT2D eigenvalue weighted by atomic mass is 10.1. The molecule has 2 N–H and O–H groups in total. The molecule has 3 aromatic rings. The van der Waals surface area contributed by atoms with E-state index in [0.717, 1.165) is 33.2 Å². The third kappa shape index (κ3) is 4.87. The maximum atomic E-state index is 8.97. The summed E-state index contributed by atoms with van der Waals surface area (Å²) in [6, 6.07) is 7.91. The molecule has 6 nitrogen and oxygen atoms in total. The second kappa shape index (κ2) is 8.54.